The summed E-state index contributed by atoms with van der Waals surface area (Å²) in [5, 5.41) is 1.53. The molecule has 2 aromatic heterocycles. The number of hydrogen-bond donors (Lipinski definition) is 0. The van der Waals surface area contributed by atoms with Crippen LogP contribution in [0.5, 0.6) is 0 Å². The van der Waals surface area contributed by atoms with Gasteiger partial charge in [-0.1, -0.05) is 42.1 Å². The van der Waals surface area contributed by atoms with Crippen molar-refractivity contribution in [2.24, 2.45) is 7.05 Å². The molecule has 4 nitrogen and oxygen atoms in total. The molecule has 0 N–H and O–H groups in total. The molecule has 1 aromatic carbocycles. The van der Waals surface area contributed by atoms with E-state index in [1.165, 1.54) is 11.8 Å². The normalized spacial score (nSPS) is 10.9. The van der Waals surface area contributed by atoms with Gasteiger partial charge in [-0.25, -0.2) is 9.97 Å². The first-order valence-corrected chi connectivity index (χ1v) is 7.39. The lowest BCUT2D eigenvalue weighted by molar-refractivity contribution is 0.861. The molecule has 0 atom stereocenters. The van der Waals surface area contributed by atoms with Gasteiger partial charge in [0.25, 0.3) is 5.56 Å². The van der Waals surface area contributed by atoms with E-state index in [1.807, 2.05) is 42.7 Å². The monoisotopic (exact) mass is 283 g/mol. The molecule has 100 valence electrons. The zero-order chi connectivity index (χ0) is 14.1. The highest BCUT2D eigenvalue weighted by molar-refractivity contribution is 7.98. The highest BCUT2D eigenvalue weighted by atomic mass is 32.2. The molecular formula is C15H13N3OS. The Morgan fingerprint density at radius 3 is 2.65 bits per heavy atom. The number of pyridine rings is 1. The van der Waals surface area contributed by atoms with Crippen LogP contribution in [0.15, 0.2) is 52.5 Å². The van der Waals surface area contributed by atoms with Crippen LogP contribution in [0.2, 0.25) is 0 Å². The van der Waals surface area contributed by atoms with Gasteiger partial charge >= 0.3 is 0 Å². The Bertz CT molecular complexity index is 828. The first kappa shape index (κ1) is 12.9. The van der Waals surface area contributed by atoms with Gasteiger partial charge in [-0.3, -0.25) is 9.36 Å². The number of thioether (sulfide) groups is 1. The summed E-state index contributed by atoms with van der Waals surface area (Å²) in [6.07, 6.45) is 3.68. The summed E-state index contributed by atoms with van der Waals surface area (Å²) in [4.78, 5) is 21.1. The standard InChI is InChI=1S/C15H13N3OS/c1-18-13-11(9-16-15(17-13)20-2)8-12(14(18)19)10-6-4-3-5-7-10/h3-9H,1-2H3. The average Bonchev–Trinajstić information content (AvgIpc) is 2.51. The highest BCUT2D eigenvalue weighted by Gasteiger charge is 2.10. The number of benzene rings is 1. The Hall–Kier alpha value is -2.14. The van der Waals surface area contributed by atoms with E-state index in [1.54, 1.807) is 17.8 Å². The molecular weight excluding hydrogens is 270 g/mol. The molecule has 5 heteroatoms. The van der Waals surface area contributed by atoms with E-state index in [9.17, 15) is 4.79 Å². The van der Waals surface area contributed by atoms with Crippen LogP contribution in [0, 0.1) is 0 Å². The van der Waals surface area contributed by atoms with Crippen molar-refractivity contribution in [2.45, 2.75) is 5.16 Å². The van der Waals surface area contributed by atoms with Crippen molar-refractivity contribution in [1.29, 1.82) is 0 Å². The molecule has 0 aliphatic heterocycles. The van der Waals surface area contributed by atoms with Crippen molar-refractivity contribution in [2.75, 3.05) is 6.26 Å². The average molecular weight is 283 g/mol. The van der Waals surface area contributed by atoms with Crippen LogP contribution in [0.1, 0.15) is 0 Å². The number of aromatic nitrogens is 3. The summed E-state index contributed by atoms with van der Waals surface area (Å²) < 4.78 is 1.58. The van der Waals surface area contributed by atoms with Crippen LogP contribution < -0.4 is 5.56 Å². The van der Waals surface area contributed by atoms with Gasteiger partial charge in [0.1, 0.15) is 5.65 Å². The second kappa shape index (κ2) is 5.09. The lowest BCUT2D eigenvalue weighted by atomic mass is 10.1. The van der Waals surface area contributed by atoms with Crippen LogP contribution >= 0.6 is 11.8 Å². The highest BCUT2D eigenvalue weighted by Crippen LogP contribution is 2.20. The predicted octanol–water partition coefficient (Wildman–Crippen LogP) is 2.72. The first-order valence-electron chi connectivity index (χ1n) is 6.17. The molecule has 0 radical (unpaired) electrons. The molecule has 3 rings (SSSR count). The molecule has 0 amide bonds. The van der Waals surface area contributed by atoms with E-state index in [0.29, 0.717) is 16.4 Å². The molecule has 0 spiro atoms. The van der Waals surface area contributed by atoms with Gasteiger partial charge in [-0.2, -0.15) is 0 Å². The van der Waals surface area contributed by atoms with Gasteiger partial charge in [0, 0.05) is 24.2 Å². The fraction of sp³-hybridized carbons (Fsp3) is 0.133. The fourth-order valence-corrected chi connectivity index (χ4v) is 2.49. The molecule has 3 aromatic rings. The van der Waals surface area contributed by atoms with Crippen molar-refractivity contribution in [3.05, 3.63) is 52.9 Å². The predicted molar refractivity (Wildman–Crippen MR) is 82.0 cm³/mol. The van der Waals surface area contributed by atoms with Gasteiger partial charge in [0.2, 0.25) is 0 Å². The maximum Gasteiger partial charge on any atom is 0.259 e. The first-order chi connectivity index (χ1) is 9.70. The van der Waals surface area contributed by atoms with Gasteiger partial charge in [-0.05, 0) is 17.9 Å². The summed E-state index contributed by atoms with van der Waals surface area (Å²) in [6.45, 7) is 0. The zero-order valence-corrected chi connectivity index (χ0v) is 12.0. The van der Waals surface area contributed by atoms with Crippen LogP contribution in [-0.4, -0.2) is 20.8 Å². The molecule has 0 aliphatic rings. The molecule has 20 heavy (non-hydrogen) atoms. The lowest BCUT2D eigenvalue weighted by Crippen LogP contribution is -2.19. The molecule has 0 aliphatic carbocycles. The minimum absolute atomic E-state index is 0.0468. The second-order valence-corrected chi connectivity index (χ2v) is 5.20. The maximum atomic E-state index is 12.5. The van der Waals surface area contributed by atoms with Gasteiger partial charge in [0.15, 0.2) is 5.16 Å². The van der Waals surface area contributed by atoms with E-state index >= 15 is 0 Å². The molecule has 2 heterocycles. The number of hydrogen-bond acceptors (Lipinski definition) is 4. The quantitative estimate of drug-likeness (QED) is 0.536. The minimum atomic E-state index is -0.0468. The molecule has 0 saturated carbocycles. The number of fused-ring (bicyclic) bond motifs is 1. The smallest absolute Gasteiger partial charge is 0.259 e. The fourth-order valence-electron chi connectivity index (χ4n) is 2.15. The van der Waals surface area contributed by atoms with E-state index in [0.717, 1.165) is 10.9 Å². The topological polar surface area (TPSA) is 47.8 Å². The van der Waals surface area contributed by atoms with E-state index in [2.05, 4.69) is 9.97 Å². The maximum absolute atomic E-state index is 12.5. The molecule has 0 saturated heterocycles. The summed E-state index contributed by atoms with van der Waals surface area (Å²) in [5.74, 6) is 0. The summed E-state index contributed by atoms with van der Waals surface area (Å²) in [7, 11) is 1.74. The zero-order valence-electron chi connectivity index (χ0n) is 11.2. The largest absolute Gasteiger partial charge is 0.295 e. The van der Waals surface area contributed by atoms with Gasteiger partial charge < -0.3 is 0 Å². The van der Waals surface area contributed by atoms with Crippen molar-refractivity contribution in [3.8, 4) is 11.1 Å². The van der Waals surface area contributed by atoms with Crippen LogP contribution in [0.3, 0.4) is 0 Å². The summed E-state index contributed by atoms with van der Waals surface area (Å²) in [5.41, 5.74) is 2.19. The van der Waals surface area contributed by atoms with Crippen molar-refractivity contribution < 1.29 is 0 Å². The second-order valence-electron chi connectivity index (χ2n) is 4.42. The summed E-state index contributed by atoms with van der Waals surface area (Å²) >= 11 is 1.46. The third kappa shape index (κ3) is 2.10. The Morgan fingerprint density at radius 1 is 1.20 bits per heavy atom. The molecule has 0 fully saturated rings. The summed E-state index contributed by atoms with van der Waals surface area (Å²) in [6, 6.07) is 11.5. The Balaban J connectivity index is 2.32. The van der Waals surface area contributed by atoms with Crippen LogP contribution in [0.25, 0.3) is 22.2 Å². The minimum Gasteiger partial charge on any atom is -0.295 e. The Kier molecular flexibility index (Phi) is 3.28. The van der Waals surface area contributed by atoms with Gasteiger partial charge in [-0.15, -0.1) is 0 Å². The van der Waals surface area contributed by atoms with E-state index in [4.69, 9.17) is 0 Å². The van der Waals surface area contributed by atoms with Crippen LogP contribution in [0.4, 0.5) is 0 Å². The lowest BCUT2D eigenvalue weighted by Gasteiger charge is -2.08. The number of aryl methyl sites for hydroxylation is 1. The number of nitrogens with zero attached hydrogens (tertiary/aromatic N) is 3. The van der Waals surface area contributed by atoms with Crippen molar-refractivity contribution in [3.63, 3.8) is 0 Å². The van der Waals surface area contributed by atoms with Gasteiger partial charge in [0.05, 0.1) is 0 Å². The third-order valence-corrected chi connectivity index (χ3v) is 3.76. The molecule has 0 unspecified atom stereocenters. The van der Waals surface area contributed by atoms with Crippen molar-refractivity contribution in [1.82, 2.24) is 14.5 Å². The third-order valence-electron chi connectivity index (χ3n) is 3.19. The van der Waals surface area contributed by atoms with Crippen molar-refractivity contribution >= 4 is 22.8 Å². The van der Waals surface area contributed by atoms with Crippen LogP contribution in [-0.2, 0) is 7.05 Å². The SMILES string of the molecule is CSc1ncc2cc(-c3ccccc3)c(=O)n(C)c2n1. The Labute approximate surface area is 120 Å². The molecule has 0 bridgehead atoms. The van der Waals surface area contributed by atoms with E-state index in [-0.39, 0.29) is 5.56 Å². The number of rotatable bonds is 2. The van der Waals surface area contributed by atoms with E-state index < -0.39 is 0 Å². The Morgan fingerprint density at radius 2 is 1.95 bits per heavy atom.